The molecule has 0 bridgehead atoms. The molecule has 0 aliphatic heterocycles. The van der Waals surface area contributed by atoms with Crippen LogP contribution in [-0.4, -0.2) is 12.4 Å². The summed E-state index contributed by atoms with van der Waals surface area (Å²) in [5, 5.41) is 1.02. The minimum atomic E-state index is 0.492. The SMILES string of the molecule is CC(C)CN=C(N)c1ccc(Cl)c(Cl)c1. The molecule has 0 radical (unpaired) electrons. The number of nitrogens with zero attached hydrogens (tertiary/aromatic N) is 1. The number of benzene rings is 1. The molecule has 0 amide bonds. The maximum Gasteiger partial charge on any atom is 0.125 e. The third kappa shape index (κ3) is 3.73. The molecule has 0 aliphatic carbocycles. The highest BCUT2D eigenvalue weighted by atomic mass is 35.5. The zero-order valence-electron chi connectivity index (χ0n) is 8.80. The van der Waals surface area contributed by atoms with E-state index in [2.05, 4.69) is 18.8 Å². The molecule has 0 saturated heterocycles. The number of hydrogen-bond acceptors (Lipinski definition) is 1. The minimum absolute atomic E-state index is 0.492. The Morgan fingerprint density at radius 1 is 1.33 bits per heavy atom. The van der Waals surface area contributed by atoms with Gasteiger partial charge in [-0.25, -0.2) is 0 Å². The molecular weight excluding hydrogens is 231 g/mol. The molecule has 0 spiro atoms. The monoisotopic (exact) mass is 244 g/mol. The predicted octanol–water partition coefficient (Wildman–Crippen LogP) is 3.35. The summed E-state index contributed by atoms with van der Waals surface area (Å²) in [6.07, 6.45) is 0. The Kier molecular flexibility index (Phi) is 4.43. The molecule has 1 rings (SSSR count). The molecule has 4 heteroatoms. The molecule has 1 aromatic carbocycles. The van der Waals surface area contributed by atoms with E-state index >= 15 is 0 Å². The van der Waals surface area contributed by atoms with Gasteiger partial charge in [0, 0.05) is 12.1 Å². The third-order valence-electron chi connectivity index (χ3n) is 1.84. The van der Waals surface area contributed by atoms with Crippen LogP contribution < -0.4 is 5.73 Å². The van der Waals surface area contributed by atoms with Crippen molar-refractivity contribution in [3.8, 4) is 0 Å². The lowest BCUT2D eigenvalue weighted by molar-refractivity contribution is 0.665. The molecule has 0 fully saturated rings. The zero-order chi connectivity index (χ0) is 11.4. The van der Waals surface area contributed by atoms with E-state index < -0.39 is 0 Å². The molecule has 0 unspecified atom stereocenters. The normalized spacial score (nSPS) is 12.2. The van der Waals surface area contributed by atoms with Crippen molar-refractivity contribution >= 4 is 29.0 Å². The summed E-state index contributed by atoms with van der Waals surface area (Å²) in [5.41, 5.74) is 6.62. The van der Waals surface area contributed by atoms with Crippen molar-refractivity contribution in [2.75, 3.05) is 6.54 Å². The summed E-state index contributed by atoms with van der Waals surface area (Å²) in [4.78, 5) is 4.26. The second-order valence-corrected chi connectivity index (χ2v) is 4.56. The molecule has 0 heterocycles. The van der Waals surface area contributed by atoms with Crippen molar-refractivity contribution in [1.29, 1.82) is 0 Å². The first-order valence-electron chi connectivity index (χ1n) is 4.76. The number of nitrogens with two attached hydrogens (primary N) is 1. The Labute approximate surface area is 100 Å². The number of aliphatic imine (C=N–C) groups is 1. The van der Waals surface area contributed by atoms with Gasteiger partial charge in [-0.3, -0.25) is 4.99 Å². The summed E-state index contributed by atoms with van der Waals surface area (Å²) in [7, 11) is 0. The molecule has 0 aliphatic rings. The Bertz CT molecular complexity index is 373. The molecule has 0 atom stereocenters. The topological polar surface area (TPSA) is 38.4 Å². The Morgan fingerprint density at radius 3 is 2.53 bits per heavy atom. The molecule has 1 aromatic rings. The van der Waals surface area contributed by atoms with E-state index in [1.807, 2.05) is 6.07 Å². The van der Waals surface area contributed by atoms with Crippen molar-refractivity contribution in [1.82, 2.24) is 0 Å². The first-order chi connectivity index (χ1) is 7.00. The van der Waals surface area contributed by atoms with Crippen molar-refractivity contribution in [3.63, 3.8) is 0 Å². The first kappa shape index (κ1) is 12.3. The third-order valence-corrected chi connectivity index (χ3v) is 2.58. The van der Waals surface area contributed by atoms with Gasteiger partial charge in [0.25, 0.3) is 0 Å². The van der Waals surface area contributed by atoms with Crippen LogP contribution >= 0.6 is 23.2 Å². The van der Waals surface area contributed by atoms with Gasteiger partial charge in [0.1, 0.15) is 5.84 Å². The maximum absolute atomic E-state index is 5.88. The van der Waals surface area contributed by atoms with Gasteiger partial charge in [-0.05, 0) is 24.1 Å². The van der Waals surface area contributed by atoms with E-state index in [9.17, 15) is 0 Å². The van der Waals surface area contributed by atoms with Gasteiger partial charge < -0.3 is 5.73 Å². The molecule has 0 aromatic heterocycles. The van der Waals surface area contributed by atoms with E-state index in [-0.39, 0.29) is 0 Å². The van der Waals surface area contributed by atoms with Crippen LogP contribution in [0.2, 0.25) is 10.0 Å². The fourth-order valence-electron chi connectivity index (χ4n) is 1.03. The summed E-state index contributed by atoms with van der Waals surface area (Å²) in [6.45, 7) is 4.89. The number of rotatable bonds is 3. The van der Waals surface area contributed by atoms with Crippen LogP contribution in [0.4, 0.5) is 0 Å². The quantitative estimate of drug-likeness (QED) is 0.643. The van der Waals surface area contributed by atoms with Gasteiger partial charge >= 0.3 is 0 Å². The van der Waals surface area contributed by atoms with E-state index in [1.54, 1.807) is 12.1 Å². The van der Waals surface area contributed by atoms with Gasteiger partial charge in [0.15, 0.2) is 0 Å². The van der Waals surface area contributed by atoms with Crippen LogP contribution in [0.5, 0.6) is 0 Å². The summed E-state index contributed by atoms with van der Waals surface area (Å²) in [6, 6.07) is 5.26. The average Bonchev–Trinajstić information content (AvgIpc) is 2.18. The van der Waals surface area contributed by atoms with E-state index in [0.717, 1.165) is 5.56 Å². The predicted molar refractivity (Wildman–Crippen MR) is 66.9 cm³/mol. The van der Waals surface area contributed by atoms with Crippen LogP contribution in [0.25, 0.3) is 0 Å². The summed E-state index contributed by atoms with van der Waals surface area (Å²) >= 11 is 11.7. The van der Waals surface area contributed by atoms with Gasteiger partial charge in [0.2, 0.25) is 0 Å². The van der Waals surface area contributed by atoms with Gasteiger partial charge in [0.05, 0.1) is 10.0 Å². The first-order valence-corrected chi connectivity index (χ1v) is 5.51. The highest BCUT2D eigenvalue weighted by Crippen LogP contribution is 2.22. The Hall–Kier alpha value is -0.730. The molecule has 2 N–H and O–H groups in total. The van der Waals surface area contributed by atoms with Gasteiger partial charge in [-0.2, -0.15) is 0 Å². The second kappa shape index (κ2) is 5.38. The molecule has 82 valence electrons. The minimum Gasteiger partial charge on any atom is -0.384 e. The smallest absolute Gasteiger partial charge is 0.125 e. The second-order valence-electron chi connectivity index (χ2n) is 3.75. The molecule has 0 saturated carbocycles. The fourth-order valence-corrected chi connectivity index (χ4v) is 1.33. The van der Waals surface area contributed by atoms with E-state index in [4.69, 9.17) is 28.9 Å². The Balaban J connectivity index is 2.87. The summed E-state index contributed by atoms with van der Waals surface area (Å²) < 4.78 is 0. The highest BCUT2D eigenvalue weighted by Gasteiger charge is 2.02. The Morgan fingerprint density at radius 2 is 2.00 bits per heavy atom. The van der Waals surface area contributed by atoms with Crippen molar-refractivity contribution in [3.05, 3.63) is 33.8 Å². The fraction of sp³-hybridized carbons (Fsp3) is 0.364. The molecular formula is C11H14Cl2N2. The number of amidine groups is 1. The zero-order valence-corrected chi connectivity index (χ0v) is 10.3. The van der Waals surface area contributed by atoms with Crippen LogP contribution in [0, 0.1) is 5.92 Å². The largest absolute Gasteiger partial charge is 0.384 e. The van der Waals surface area contributed by atoms with Crippen LogP contribution in [0.3, 0.4) is 0 Å². The summed E-state index contributed by atoms with van der Waals surface area (Å²) in [5.74, 6) is 0.994. The van der Waals surface area contributed by atoms with E-state index in [1.165, 1.54) is 0 Å². The van der Waals surface area contributed by atoms with Crippen molar-refractivity contribution in [2.45, 2.75) is 13.8 Å². The van der Waals surface area contributed by atoms with Crippen LogP contribution in [0.15, 0.2) is 23.2 Å². The van der Waals surface area contributed by atoms with Crippen molar-refractivity contribution < 1.29 is 0 Å². The lowest BCUT2D eigenvalue weighted by atomic mass is 10.2. The lowest BCUT2D eigenvalue weighted by Gasteiger charge is -2.04. The average molecular weight is 245 g/mol. The van der Waals surface area contributed by atoms with Gasteiger partial charge in [-0.1, -0.05) is 37.0 Å². The van der Waals surface area contributed by atoms with E-state index in [0.29, 0.717) is 28.3 Å². The van der Waals surface area contributed by atoms with Crippen molar-refractivity contribution in [2.24, 2.45) is 16.6 Å². The molecule has 2 nitrogen and oxygen atoms in total. The van der Waals surface area contributed by atoms with Gasteiger partial charge in [-0.15, -0.1) is 0 Å². The maximum atomic E-state index is 5.88. The number of halogens is 2. The highest BCUT2D eigenvalue weighted by molar-refractivity contribution is 6.42. The number of hydrogen-bond donors (Lipinski definition) is 1. The van der Waals surface area contributed by atoms with Crippen LogP contribution in [0.1, 0.15) is 19.4 Å². The van der Waals surface area contributed by atoms with Crippen LogP contribution in [-0.2, 0) is 0 Å². The standard InChI is InChI=1S/C11H14Cl2N2/c1-7(2)6-15-11(14)8-3-4-9(12)10(13)5-8/h3-5,7H,6H2,1-2H3,(H2,14,15). The lowest BCUT2D eigenvalue weighted by Crippen LogP contribution is -2.14. The molecule has 15 heavy (non-hydrogen) atoms.